The standard InChI is InChI=1S/C17H16F3N7O/c1-10-8-13(27-16(22-10)24-15(25-27)17(18,19)20)23-11-5-7-26(9-11)14(28)12-4-2-3-6-21-12/h2-4,6,8,11,23H,5,7,9H2,1H3. The first-order valence-corrected chi connectivity index (χ1v) is 8.60. The van der Waals surface area contributed by atoms with Gasteiger partial charge in [-0.1, -0.05) is 6.07 Å². The Bertz CT molecular complexity index is 1020. The molecule has 1 saturated heterocycles. The fourth-order valence-electron chi connectivity index (χ4n) is 3.13. The molecule has 0 aliphatic carbocycles. The molecule has 3 aromatic heterocycles. The molecule has 1 aliphatic heterocycles. The number of hydrogen-bond acceptors (Lipinski definition) is 6. The number of aryl methyl sites for hydroxylation is 1. The molecule has 1 atom stereocenters. The highest BCUT2D eigenvalue weighted by Crippen LogP contribution is 2.27. The van der Waals surface area contributed by atoms with Crippen LogP contribution in [0.3, 0.4) is 0 Å². The zero-order valence-corrected chi connectivity index (χ0v) is 14.8. The average Bonchev–Trinajstić information content (AvgIpc) is 3.28. The fraction of sp³-hybridized carbons (Fsp3) is 0.353. The summed E-state index contributed by atoms with van der Waals surface area (Å²) in [6.45, 7) is 2.59. The highest BCUT2D eigenvalue weighted by molar-refractivity contribution is 5.92. The van der Waals surface area contributed by atoms with Crippen molar-refractivity contribution in [2.45, 2.75) is 25.6 Å². The monoisotopic (exact) mass is 391 g/mol. The quantitative estimate of drug-likeness (QED) is 0.736. The van der Waals surface area contributed by atoms with Gasteiger partial charge >= 0.3 is 6.18 Å². The largest absolute Gasteiger partial charge is 0.453 e. The second-order valence-corrected chi connectivity index (χ2v) is 6.52. The fourth-order valence-corrected chi connectivity index (χ4v) is 3.13. The predicted molar refractivity (Wildman–Crippen MR) is 92.7 cm³/mol. The number of nitrogens with one attached hydrogen (secondary N) is 1. The Labute approximate surface area is 157 Å². The Morgan fingerprint density at radius 1 is 1.29 bits per heavy atom. The Hall–Kier alpha value is -3.24. The number of likely N-dealkylation sites (tertiary alicyclic amines) is 1. The van der Waals surface area contributed by atoms with Crippen LogP contribution in [-0.2, 0) is 6.18 Å². The van der Waals surface area contributed by atoms with E-state index in [9.17, 15) is 18.0 Å². The van der Waals surface area contributed by atoms with Gasteiger partial charge in [-0.25, -0.2) is 4.98 Å². The van der Waals surface area contributed by atoms with Gasteiger partial charge in [0.15, 0.2) is 0 Å². The lowest BCUT2D eigenvalue weighted by atomic mass is 10.2. The molecule has 1 N–H and O–H groups in total. The van der Waals surface area contributed by atoms with Crippen LogP contribution < -0.4 is 5.32 Å². The third kappa shape index (κ3) is 3.47. The van der Waals surface area contributed by atoms with E-state index in [-0.39, 0.29) is 17.7 Å². The van der Waals surface area contributed by atoms with E-state index in [2.05, 4.69) is 25.4 Å². The molecule has 0 bridgehead atoms. The van der Waals surface area contributed by atoms with Crippen LogP contribution >= 0.6 is 0 Å². The number of amides is 1. The summed E-state index contributed by atoms with van der Waals surface area (Å²) < 4.78 is 39.8. The summed E-state index contributed by atoms with van der Waals surface area (Å²) in [5, 5.41) is 6.70. The van der Waals surface area contributed by atoms with E-state index in [1.807, 2.05) is 0 Å². The highest BCUT2D eigenvalue weighted by atomic mass is 19.4. The lowest BCUT2D eigenvalue weighted by Gasteiger charge is -2.17. The molecule has 0 radical (unpaired) electrons. The number of halogens is 3. The second-order valence-electron chi connectivity index (χ2n) is 6.52. The third-order valence-electron chi connectivity index (χ3n) is 4.41. The molecule has 146 valence electrons. The Morgan fingerprint density at radius 2 is 2.11 bits per heavy atom. The van der Waals surface area contributed by atoms with Crippen LogP contribution in [0, 0.1) is 6.92 Å². The first-order valence-electron chi connectivity index (χ1n) is 8.60. The molecule has 4 heterocycles. The minimum absolute atomic E-state index is 0.130. The van der Waals surface area contributed by atoms with E-state index in [1.54, 1.807) is 42.3 Å². The topological polar surface area (TPSA) is 88.3 Å². The molecular weight excluding hydrogens is 375 g/mol. The van der Waals surface area contributed by atoms with E-state index in [0.29, 0.717) is 36.7 Å². The number of aromatic nitrogens is 5. The van der Waals surface area contributed by atoms with Gasteiger partial charge in [-0.05, 0) is 25.5 Å². The van der Waals surface area contributed by atoms with E-state index < -0.39 is 12.0 Å². The van der Waals surface area contributed by atoms with Crippen molar-refractivity contribution in [3.63, 3.8) is 0 Å². The zero-order valence-electron chi connectivity index (χ0n) is 14.8. The number of pyridine rings is 1. The molecule has 1 unspecified atom stereocenters. The van der Waals surface area contributed by atoms with Crippen LogP contribution in [0.15, 0.2) is 30.5 Å². The maximum absolute atomic E-state index is 12.9. The Kier molecular flexibility index (Phi) is 4.36. The number of hydrogen-bond donors (Lipinski definition) is 1. The van der Waals surface area contributed by atoms with Crippen molar-refractivity contribution in [2.75, 3.05) is 18.4 Å². The van der Waals surface area contributed by atoms with Crippen molar-refractivity contribution in [3.8, 4) is 0 Å². The molecule has 28 heavy (non-hydrogen) atoms. The lowest BCUT2D eigenvalue weighted by molar-refractivity contribution is -0.144. The molecule has 4 rings (SSSR count). The van der Waals surface area contributed by atoms with Gasteiger partial charge in [-0.2, -0.15) is 22.7 Å². The van der Waals surface area contributed by atoms with Gasteiger partial charge in [-0.15, -0.1) is 5.10 Å². The van der Waals surface area contributed by atoms with Crippen molar-refractivity contribution in [3.05, 3.63) is 47.7 Å². The highest BCUT2D eigenvalue weighted by Gasteiger charge is 2.37. The molecule has 1 fully saturated rings. The minimum atomic E-state index is -4.65. The maximum Gasteiger partial charge on any atom is 0.453 e. The SMILES string of the molecule is Cc1cc(NC2CCN(C(=O)c3ccccn3)C2)n2nc(C(F)(F)F)nc2n1. The lowest BCUT2D eigenvalue weighted by Crippen LogP contribution is -2.32. The van der Waals surface area contributed by atoms with E-state index in [4.69, 9.17) is 0 Å². The van der Waals surface area contributed by atoms with Gasteiger partial charge in [0.25, 0.3) is 17.5 Å². The van der Waals surface area contributed by atoms with Gasteiger partial charge < -0.3 is 10.2 Å². The predicted octanol–water partition coefficient (Wildman–Crippen LogP) is 2.17. The molecule has 11 heteroatoms. The summed E-state index contributed by atoms with van der Waals surface area (Å²) in [6.07, 6.45) is -2.46. The van der Waals surface area contributed by atoms with E-state index >= 15 is 0 Å². The van der Waals surface area contributed by atoms with Gasteiger partial charge in [0.1, 0.15) is 11.5 Å². The van der Waals surface area contributed by atoms with Gasteiger partial charge in [-0.3, -0.25) is 9.78 Å². The first-order chi connectivity index (χ1) is 13.3. The number of fused-ring (bicyclic) bond motifs is 1. The Morgan fingerprint density at radius 3 is 2.82 bits per heavy atom. The van der Waals surface area contributed by atoms with Crippen molar-refractivity contribution < 1.29 is 18.0 Å². The molecular formula is C17H16F3N7O. The number of carbonyl (C=O) groups is 1. The van der Waals surface area contributed by atoms with Gasteiger partial charge in [0.2, 0.25) is 0 Å². The number of carbonyl (C=O) groups excluding carboxylic acids is 1. The second kappa shape index (κ2) is 6.73. The molecule has 3 aromatic rings. The third-order valence-corrected chi connectivity index (χ3v) is 4.41. The van der Waals surface area contributed by atoms with E-state index in [0.717, 1.165) is 4.52 Å². The Balaban J connectivity index is 1.54. The van der Waals surface area contributed by atoms with Crippen molar-refractivity contribution in [2.24, 2.45) is 0 Å². The van der Waals surface area contributed by atoms with Crippen molar-refractivity contribution >= 4 is 17.5 Å². The maximum atomic E-state index is 12.9. The normalized spacial score (nSPS) is 17.3. The van der Waals surface area contributed by atoms with Gasteiger partial charge in [0, 0.05) is 37.1 Å². The first kappa shape index (κ1) is 18.1. The smallest absolute Gasteiger partial charge is 0.365 e. The minimum Gasteiger partial charge on any atom is -0.365 e. The van der Waals surface area contributed by atoms with Crippen molar-refractivity contribution in [1.82, 2.24) is 29.5 Å². The van der Waals surface area contributed by atoms with Crippen LogP contribution in [0.25, 0.3) is 5.78 Å². The molecule has 1 amide bonds. The molecule has 1 aliphatic rings. The molecule has 8 nitrogen and oxygen atoms in total. The summed E-state index contributed by atoms with van der Waals surface area (Å²) in [5.74, 6) is -1.20. The number of anilines is 1. The molecule has 0 spiro atoms. The average molecular weight is 391 g/mol. The van der Waals surface area contributed by atoms with Crippen LogP contribution in [0.4, 0.5) is 19.0 Å². The van der Waals surface area contributed by atoms with Crippen LogP contribution in [0.5, 0.6) is 0 Å². The molecule has 0 saturated carbocycles. The summed E-state index contributed by atoms with van der Waals surface area (Å²) in [4.78, 5) is 25.7. The van der Waals surface area contributed by atoms with Crippen LogP contribution in [-0.4, -0.2) is 54.5 Å². The number of nitrogens with zero attached hydrogens (tertiary/aromatic N) is 6. The van der Waals surface area contributed by atoms with Crippen molar-refractivity contribution in [1.29, 1.82) is 0 Å². The van der Waals surface area contributed by atoms with E-state index in [1.165, 1.54) is 0 Å². The number of rotatable bonds is 3. The molecule has 0 aromatic carbocycles. The summed E-state index contributed by atoms with van der Waals surface area (Å²) in [5.41, 5.74) is 0.868. The summed E-state index contributed by atoms with van der Waals surface area (Å²) in [7, 11) is 0. The van der Waals surface area contributed by atoms with Crippen LogP contribution in [0.2, 0.25) is 0 Å². The summed E-state index contributed by atoms with van der Waals surface area (Å²) >= 11 is 0. The zero-order chi connectivity index (χ0) is 19.9. The van der Waals surface area contributed by atoms with Crippen LogP contribution in [0.1, 0.15) is 28.4 Å². The summed E-state index contributed by atoms with van der Waals surface area (Å²) in [6, 6.07) is 6.58. The van der Waals surface area contributed by atoms with Gasteiger partial charge in [0.05, 0.1) is 0 Å². The number of alkyl halides is 3.